The van der Waals surface area contributed by atoms with Crippen molar-refractivity contribution in [2.45, 2.75) is 31.8 Å². The number of hydrogen-bond donors (Lipinski definition) is 0. The van der Waals surface area contributed by atoms with Crippen molar-refractivity contribution in [2.75, 3.05) is 23.8 Å². The van der Waals surface area contributed by atoms with E-state index in [1.165, 1.54) is 0 Å². The van der Waals surface area contributed by atoms with Gasteiger partial charge in [0.2, 0.25) is 11.8 Å². The molecule has 0 unspecified atom stereocenters. The van der Waals surface area contributed by atoms with Crippen LogP contribution in [0.5, 0.6) is 5.75 Å². The van der Waals surface area contributed by atoms with E-state index in [9.17, 15) is 9.59 Å². The molecule has 170 valence electrons. The van der Waals surface area contributed by atoms with Gasteiger partial charge in [0.25, 0.3) is 0 Å². The summed E-state index contributed by atoms with van der Waals surface area (Å²) < 4.78 is 5.92. The molecule has 4 rings (SSSR count). The molecule has 3 aromatic carbocycles. The van der Waals surface area contributed by atoms with Crippen LogP contribution >= 0.6 is 11.8 Å². The number of benzene rings is 3. The molecule has 6 heteroatoms. The van der Waals surface area contributed by atoms with Crippen LogP contribution in [0, 0.1) is 6.92 Å². The Labute approximate surface area is 199 Å². The van der Waals surface area contributed by atoms with Crippen LogP contribution in [0.25, 0.3) is 0 Å². The van der Waals surface area contributed by atoms with E-state index >= 15 is 0 Å². The van der Waals surface area contributed by atoms with Crippen LogP contribution in [0.2, 0.25) is 0 Å². The van der Waals surface area contributed by atoms with Crippen molar-refractivity contribution in [3.05, 3.63) is 89.5 Å². The average Bonchev–Trinajstić information content (AvgIpc) is 3.04. The van der Waals surface area contributed by atoms with Gasteiger partial charge < -0.3 is 14.5 Å². The van der Waals surface area contributed by atoms with E-state index in [1.54, 1.807) is 23.6 Å². The average molecular weight is 461 g/mol. The monoisotopic (exact) mass is 460 g/mol. The lowest BCUT2D eigenvalue weighted by Gasteiger charge is -2.23. The van der Waals surface area contributed by atoms with Gasteiger partial charge in [0.05, 0.1) is 18.8 Å². The Balaban J connectivity index is 1.47. The number of fused-ring (bicyclic) bond motifs is 1. The fraction of sp³-hybridized carbons (Fsp3) is 0.259. The van der Waals surface area contributed by atoms with E-state index in [2.05, 4.69) is 6.07 Å². The number of ether oxygens (including phenoxy) is 1. The predicted octanol–water partition coefficient (Wildman–Crippen LogP) is 5.06. The van der Waals surface area contributed by atoms with Gasteiger partial charge >= 0.3 is 0 Å². The van der Waals surface area contributed by atoms with Crippen LogP contribution in [0.1, 0.15) is 23.6 Å². The SMILES string of the molecule is CC(=O)N(Cc1ccc2c(c1)CN(C(=O)CSc1ccccc1)CCO2)c1ccc(C)cc1. The number of aryl methyl sites for hydroxylation is 1. The molecule has 3 aromatic rings. The van der Waals surface area contributed by atoms with Crippen molar-refractivity contribution >= 4 is 29.3 Å². The van der Waals surface area contributed by atoms with Gasteiger partial charge in [0.15, 0.2) is 0 Å². The van der Waals surface area contributed by atoms with Crippen LogP contribution in [-0.4, -0.2) is 35.6 Å². The summed E-state index contributed by atoms with van der Waals surface area (Å²) in [4.78, 5) is 29.9. The molecule has 1 aliphatic heterocycles. The smallest absolute Gasteiger partial charge is 0.233 e. The fourth-order valence-corrected chi connectivity index (χ4v) is 4.63. The van der Waals surface area contributed by atoms with Gasteiger partial charge in [-0.15, -0.1) is 11.8 Å². The van der Waals surface area contributed by atoms with E-state index in [0.29, 0.717) is 32.0 Å². The molecule has 33 heavy (non-hydrogen) atoms. The minimum Gasteiger partial charge on any atom is -0.491 e. The Bertz CT molecular complexity index is 1120. The fourth-order valence-electron chi connectivity index (χ4n) is 3.80. The first-order valence-corrected chi connectivity index (χ1v) is 12.0. The van der Waals surface area contributed by atoms with Gasteiger partial charge in [0, 0.05) is 29.6 Å². The van der Waals surface area contributed by atoms with Crippen molar-refractivity contribution < 1.29 is 14.3 Å². The second-order valence-corrected chi connectivity index (χ2v) is 9.20. The van der Waals surface area contributed by atoms with Crippen LogP contribution in [-0.2, 0) is 22.7 Å². The Hall–Kier alpha value is -3.25. The number of carbonyl (C=O) groups is 2. The first-order chi connectivity index (χ1) is 16.0. The van der Waals surface area contributed by atoms with Crippen LogP contribution in [0.4, 0.5) is 5.69 Å². The normalized spacial score (nSPS) is 13.0. The lowest BCUT2D eigenvalue weighted by molar-refractivity contribution is -0.129. The number of thioether (sulfide) groups is 1. The molecule has 5 nitrogen and oxygen atoms in total. The Kier molecular flexibility index (Phi) is 7.35. The molecule has 0 atom stereocenters. The zero-order valence-corrected chi connectivity index (χ0v) is 19.8. The van der Waals surface area contributed by atoms with E-state index in [0.717, 1.165) is 33.0 Å². The highest BCUT2D eigenvalue weighted by molar-refractivity contribution is 8.00. The summed E-state index contributed by atoms with van der Waals surface area (Å²) in [6.07, 6.45) is 0. The first kappa shape index (κ1) is 22.9. The van der Waals surface area contributed by atoms with E-state index in [4.69, 9.17) is 4.74 Å². The summed E-state index contributed by atoms with van der Waals surface area (Å²) in [7, 11) is 0. The molecule has 0 bridgehead atoms. The van der Waals surface area contributed by atoms with Crippen molar-refractivity contribution in [2.24, 2.45) is 0 Å². The molecule has 0 saturated carbocycles. The maximum Gasteiger partial charge on any atom is 0.233 e. The van der Waals surface area contributed by atoms with Gasteiger partial charge in [-0.2, -0.15) is 0 Å². The zero-order valence-electron chi connectivity index (χ0n) is 19.0. The zero-order chi connectivity index (χ0) is 23.2. The van der Waals surface area contributed by atoms with Crippen molar-refractivity contribution in [3.63, 3.8) is 0 Å². The number of hydrogen-bond acceptors (Lipinski definition) is 4. The first-order valence-electron chi connectivity index (χ1n) is 11.0. The van der Waals surface area contributed by atoms with Gasteiger partial charge in [-0.05, 0) is 48.9 Å². The molecule has 0 aromatic heterocycles. The molecular weight excluding hydrogens is 432 g/mol. The summed E-state index contributed by atoms with van der Waals surface area (Å²) in [6, 6.07) is 23.9. The number of nitrogens with zero attached hydrogens (tertiary/aromatic N) is 2. The third-order valence-electron chi connectivity index (χ3n) is 5.63. The molecule has 0 radical (unpaired) electrons. The molecule has 2 amide bonds. The summed E-state index contributed by atoms with van der Waals surface area (Å²) in [5, 5.41) is 0. The highest BCUT2D eigenvalue weighted by Crippen LogP contribution is 2.27. The van der Waals surface area contributed by atoms with Gasteiger partial charge in [-0.25, -0.2) is 0 Å². The van der Waals surface area contributed by atoms with Crippen molar-refractivity contribution in [1.29, 1.82) is 0 Å². The predicted molar refractivity (Wildman–Crippen MR) is 133 cm³/mol. The van der Waals surface area contributed by atoms with Gasteiger partial charge in [-0.3, -0.25) is 9.59 Å². The largest absolute Gasteiger partial charge is 0.491 e. The Morgan fingerprint density at radius 3 is 2.52 bits per heavy atom. The molecule has 1 aliphatic rings. The van der Waals surface area contributed by atoms with E-state index in [1.807, 2.05) is 78.6 Å². The molecular formula is C27H28N2O3S. The van der Waals surface area contributed by atoms with Crippen LogP contribution in [0.15, 0.2) is 77.7 Å². The van der Waals surface area contributed by atoms with E-state index in [-0.39, 0.29) is 11.8 Å². The highest BCUT2D eigenvalue weighted by Gasteiger charge is 2.21. The Morgan fingerprint density at radius 1 is 1.03 bits per heavy atom. The third kappa shape index (κ3) is 5.96. The standard InChI is InChI=1S/C27H28N2O3S/c1-20-8-11-24(12-9-20)29(21(2)30)17-22-10-13-26-23(16-22)18-28(14-15-32-26)27(31)19-33-25-6-4-3-5-7-25/h3-13,16H,14-15,17-19H2,1-2H3. The third-order valence-corrected chi connectivity index (χ3v) is 6.63. The van der Waals surface area contributed by atoms with Crippen LogP contribution < -0.4 is 9.64 Å². The minimum absolute atomic E-state index is 0.0141. The maximum atomic E-state index is 12.9. The molecule has 0 saturated heterocycles. The summed E-state index contributed by atoms with van der Waals surface area (Å²) in [5.41, 5.74) is 3.99. The molecule has 1 heterocycles. The Morgan fingerprint density at radius 2 is 1.79 bits per heavy atom. The second kappa shape index (κ2) is 10.6. The number of anilines is 1. The summed E-state index contributed by atoms with van der Waals surface area (Å²) >= 11 is 1.55. The molecule has 0 spiro atoms. The number of amides is 2. The van der Waals surface area contributed by atoms with Crippen LogP contribution in [0.3, 0.4) is 0 Å². The quantitative estimate of drug-likeness (QED) is 0.483. The summed E-state index contributed by atoms with van der Waals surface area (Å²) in [6.45, 7) is 5.60. The topological polar surface area (TPSA) is 49.9 Å². The van der Waals surface area contributed by atoms with Crippen molar-refractivity contribution in [1.82, 2.24) is 4.90 Å². The van der Waals surface area contributed by atoms with Crippen molar-refractivity contribution in [3.8, 4) is 5.75 Å². The second-order valence-electron chi connectivity index (χ2n) is 8.15. The highest BCUT2D eigenvalue weighted by atomic mass is 32.2. The maximum absolute atomic E-state index is 12.9. The number of rotatable bonds is 6. The molecule has 0 fully saturated rings. The van der Waals surface area contributed by atoms with Gasteiger partial charge in [0.1, 0.15) is 12.4 Å². The molecule has 0 N–H and O–H groups in total. The number of carbonyl (C=O) groups excluding carboxylic acids is 2. The molecule has 0 aliphatic carbocycles. The lowest BCUT2D eigenvalue weighted by Crippen LogP contribution is -2.33. The lowest BCUT2D eigenvalue weighted by atomic mass is 10.1. The summed E-state index contributed by atoms with van der Waals surface area (Å²) in [5.74, 6) is 1.27. The van der Waals surface area contributed by atoms with Gasteiger partial charge in [-0.1, -0.05) is 42.0 Å². The minimum atomic E-state index is -0.0141. The van der Waals surface area contributed by atoms with E-state index < -0.39 is 0 Å².